The van der Waals surface area contributed by atoms with Crippen LogP contribution in [0.4, 0.5) is 15.5 Å². The zero-order valence-corrected chi connectivity index (χ0v) is 15.8. The fourth-order valence-corrected chi connectivity index (χ4v) is 4.38. The van der Waals surface area contributed by atoms with Gasteiger partial charge in [-0.25, -0.2) is 4.79 Å². The number of nitrogens with zero attached hydrogens (tertiary/aromatic N) is 1. The standard InChI is InChI=1S/C18H17N3O6S/c1-27-18(24)20-16(23)14-11-7-3-5-9-13(11)28-17(14)19-15(22)10-6-2-4-8-12(10)21(25)26/h2,4,6,8H,3,5,7,9H2,1H3,(H,19,22)(H,20,23,24). The minimum absolute atomic E-state index is 0.113. The van der Waals surface area contributed by atoms with Crippen molar-refractivity contribution in [3.05, 3.63) is 55.9 Å². The van der Waals surface area contributed by atoms with Gasteiger partial charge in [0.2, 0.25) is 0 Å². The van der Waals surface area contributed by atoms with Crippen LogP contribution < -0.4 is 10.6 Å². The summed E-state index contributed by atoms with van der Waals surface area (Å²) in [6, 6.07) is 5.56. The predicted octanol–water partition coefficient (Wildman–Crippen LogP) is 3.28. The smallest absolute Gasteiger partial charge is 0.413 e. The maximum Gasteiger partial charge on any atom is 0.413 e. The zero-order valence-electron chi connectivity index (χ0n) is 14.9. The van der Waals surface area contributed by atoms with E-state index in [0.29, 0.717) is 6.42 Å². The average molecular weight is 403 g/mol. The van der Waals surface area contributed by atoms with Crippen molar-refractivity contribution in [2.75, 3.05) is 12.4 Å². The minimum Gasteiger partial charge on any atom is -0.453 e. The Kier molecular flexibility index (Phi) is 5.69. The number of methoxy groups -OCH3 is 1. The SMILES string of the molecule is COC(=O)NC(=O)c1c(NC(=O)c2ccccc2[N+](=O)[O-])sc2c1CCCC2. The molecule has 0 saturated heterocycles. The van der Waals surface area contributed by atoms with E-state index in [1.54, 1.807) is 0 Å². The molecule has 1 aliphatic rings. The summed E-state index contributed by atoms with van der Waals surface area (Å²) in [5.74, 6) is -1.37. The number of nitro groups is 1. The Hall–Kier alpha value is -3.27. The first-order valence-electron chi connectivity index (χ1n) is 8.51. The first-order chi connectivity index (χ1) is 13.4. The lowest BCUT2D eigenvalue weighted by atomic mass is 9.95. The number of aryl methyl sites for hydroxylation is 1. The molecule has 0 aliphatic heterocycles. The highest BCUT2D eigenvalue weighted by Crippen LogP contribution is 2.38. The Bertz CT molecular complexity index is 968. The fourth-order valence-electron chi connectivity index (χ4n) is 3.10. The van der Waals surface area contributed by atoms with Crippen molar-refractivity contribution >= 4 is 39.9 Å². The largest absolute Gasteiger partial charge is 0.453 e. The number of nitrogens with one attached hydrogen (secondary N) is 2. The molecule has 1 aromatic heterocycles. The molecule has 146 valence electrons. The number of ether oxygens (including phenoxy) is 1. The second kappa shape index (κ2) is 8.17. The number of thiophene rings is 1. The quantitative estimate of drug-likeness (QED) is 0.596. The third kappa shape index (κ3) is 3.86. The molecule has 9 nitrogen and oxygen atoms in total. The van der Waals surface area contributed by atoms with Crippen LogP contribution in [0.5, 0.6) is 0 Å². The molecular formula is C18H17N3O6S. The van der Waals surface area contributed by atoms with Crippen LogP contribution in [-0.4, -0.2) is 29.9 Å². The van der Waals surface area contributed by atoms with Gasteiger partial charge >= 0.3 is 6.09 Å². The van der Waals surface area contributed by atoms with Gasteiger partial charge in [0, 0.05) is 10.9 Å². The van der Waals surface area contributed by atoms with E-state index >= 15 is 0 Å². The van der Waals surface area contributed by atoms with Gasteiger partial charge < -0.3 is 10.1 Å². The van der Waals surface area contributed by atoms with Crippen molar-refractivity contribution in [2.45, 2.75) is 25.7 Å². The van der Waals surface area contributed by atoms with Crippen molar-refractivity contribution in [1.82, 2.24) is 5.32 Å². The highest BCUT2D eigenvalue weighted by molar-refractivity contribution is 7.17. The van der Waals surface area contributed by atoms with Crippen LogP contribution in [0.15, 0.2) is 24.3 Å². The van der Waals surface area contributed by atoms with Gasteiger partial charge in [-0.3, -0.25) is 25.0 Å². The van der Waals surface area contributed by atoms with Crippen molar-refractivity contribution < 1.29 is 24.0 Å². The number of anilines is 1. The van der Waals surface area contributed by atoms with Gasteiger partial charge in [0.05, 0.1) is 17.6 Å². The molecule has 3 amide bonds. The monoisotopic (exact) mass is 403 g/mol. The summed E-state index contributed by atoms with van der Waals surface area (Å²) >= 11 is 1.25. The molecule has 0 saturated carbocycles. The van der Waals surface area contributed by atoms with E-state index in [0.717, 1.165) is 36.8 Å². The van der Waals surface area contributed by atoms with Crippen LogP contribution in [0.3, 0.4) is 0 Å². The summed E-state index contributed by atoms with van der Waals surface area (Å²) in [6.45, 7) is 0. The van der Waals surface area contributed by atoms with E-state index < -0.39 is 22.8 Å². The molecule has 1 aromatic carbocycles. The van der Waals surface area contributed by atoms with Crippen LogP contribution in [0, 0.1) is 10.1 Å². The molecule has 2 aromatic rings. The molecule has 1 aliphatic carbocycles. The van der Waals surface area contributed by atoms with E-state index in [2.05, 4.69) is 15.4 Å². The van der Waals surface area contributed by atoms with Gasteiger partial charge in [0.25, 0.3) is 17.5 Å². The van der Waals surface area contributed by atoms with E-state index in [4.69, 9.17) is 0 Å². The Balaban J connectivity index is 1.97. The van der Waals surface area contributed by atoms with Gasteiger partial charge in [0.1, 0.15) is 10.6 Å². The molecule has 28 heavy (non-hydrogen) atoms. The fraction of sp³-hybridized carbons (Fsp3) is 0.278. The van der Waals surface area contributed by atoms with Crippen LogP contribution >= 0.6 is 11.3 Å². The summed E-state index contributed by atoms with van der Waals surface area (Å²) in [5, 5.41) is 16.2. The molecule has 0 fully saturated rings. The number of nitro benzene ring substituents is 1. The van der Waals surface area contributed by atoms with Crippen LogP contribution in [0.25, 0.3) is 0 Å². The van der Waals surface area contributed by atoms with Gasteiger partial charge in [-0.2, -0.15) is 0 Å². The maximum atomic E-state index is 12.7. The topological polar surface area (TPSA) is 128 Å². The molecule has 0 spiro atoms. The molecule has 1 heterocycles. The number of hydrogen-bond donors (Lipinski definition) is 2. The molecule has 0 radical (unpaired) electrons. The van der Waals surface area contributed by atoms with E-state index in [9.17, 15) is 24.5 Å². The molecule has 2 N–H and O–H groups in total. The Morgan fingerprint density at radius 2 is 1.86 bits per heavy atom. The van der Waals surface area contributed by atoms with Gasteiger partial charge in [-0.05, 0) is 37.3 Å². The predicted molar refractivity (Wildman–Crippen MR) is 102 cm³/mol. The summed E-state index contributed by atoms with van der Waals surface area (Å²) in [6.07, 6.45) is 2.36. The third-order valence-corrected chi connectivity index (χ3v) is 5.58. The van der Waals surface area contributed by atoms with Gasteiger partial charge in [0.15, 0.2) is 0 Å². The molecule has 3 rings (SSSR count). The van der Waals surface area contributed by atoms with Gasteiger partial charge in [-0.1, -0.05) is 12.1 Å². The van der Waals surface area contributed by atoms with Crippen molar-refractivity contribution in [3.8, 4) is 0 Å². The van der Waals surface area contributed by atoms with Crippen LogP contribution in [-0.2, 0) is 17.6 Å². The summed E-state index contributed by atoms with van der Waals surface area (Å²) in [4.78, 5) is 48.2. The molecule has 0 atom stereocenters. The minimum atomic E-state index is -0.906. The summed E-state index contributed by atoms with van der Waals surface area (Å²) in [5.41, 5.74) is 0.549. The van der Waals surface area contributed by atoms with Gasteiger partial charge in [-0.15, -0.1) is 11.3 Å². The zero-order chi connectivity index (χ0) is 20.3. The highest BCUT2D eigenvalue weighted by Gasteiger charge is 2.29. The Morgan fingerprint density at radius 1 is 1.14 bits per heavy atom. The van der Waals surface area contributed by atoms with Crippen LogP contribution in [0.1, 0.15) is 44.0 Å². The number of carbonyl (C=O) groups excluding carboxylic acids is 3. The van der Waals surface area contributed by atoms with E-state index in [-0.39, 0.29) is 21.8 Å². The Morgan fingerprint density at radius 3 is 2.57 bits per heavy atom. The number of benzene rings is 1. The summed E-state index contributed by atoms with van der Waals surface area (Å²) in [7, 11) is 1.14. The Labute approximate surface area is 163 Å². The molecule has 0 unspecified atom stereocenters. The third-order valence-electron chi connectivity index (χ3n) is 4.37. The highest BCUT2D eigenvalue weighted by atomic mass is 32.1. The number of fused-ring (bicyclic) bond motifs is 1. The molecular weight excluding hydrogens is 386 g/mol. The molecule has 0 bridgehead atoms. The number of imide groups is 1. The van der Waals surface area contributed by atoms with Crippen molar-refractivity contribution in [3.63, 3.8) is 0 Å². The second-order valence-corrected chi connectivity index (χ2v) is 7.19. The number of rotatable bonds is 4. The summed E-state index contributed by atoms with van der Waals surface area (Å²) < 4.78 is 4.47. The average Bonchev–Trinajstić information content (AvgIpc) is 3.05. The lowest BCUT2D eigenvalue weighted by Crippen LogP contribution is -2.31. The second-order valence-electron chi connectivity index (χ2n) is 6.09. The van der Waals surface area contributed by atoms with E-state index in [1.807, 2.05) is 0 Å². The number of amides is 3. The lowest BCUT2D eigenvalue weighted by Gasteiger charge is -2.12. The number of carbonyl (C=O) groups is 3. The number of hydrogen-bond acceptors (Lipinski definition) is 7. The maximum absolute atomic E-state index is 12.7. The first-order valence-corrected chi connectivity index (χ1v) is 9.32. The molecule has 10 heteroatoms. The van der Waals surface area contributed by atoms with Crippen LogP contribution in [0.2, 0.25) is 0 Å². The number of para-hydroxylation sites is 1. The van der Waals surface area contributed by atoms with Crippen molar-refractivity contribution in [2.24, 2.45) is 0 Å². The normalized spacial score (nSPS) is 12.6. The van der Waals surface area contributed by atoms with E-state index in [1.165, 1.54) is 35.6 Å². The first kappa shape index (κ1) is 19.5. The number of alkyl carbamates (subject to hydrolysis) is 1. The lowest BCUT2D eigenvalue weighted by molar-refractivity contribution is -0.385. The van der Waals surface area contributed by atoms with Crippen molar-refractivity contribution in [1.29, 1.82) is 0 Å².